The van der Waals surface area contributed by atoms with Crippen LogP contribution in [-0.4, -0.2) is 42.7 Å². The lowest BCUT2D eigenvalue weighted by Crippen LogP contribution is -1.91. The molecule has 8 nitrogen and oxygen atoms in total. The van der Waals surface area contributed by atoms with E-state index >= 15 is 0 Å². The summed E-state index contributed by atoms with van der Waals surface area (Å²) in [5.41, 5.74) is 2.26. The van der Waals surface area contributed by atoms with Crippen molar-refractivity contribution < 1.29 is 37.3 Å². The summed E-state index contributed by atoms with van der Waals surface area (Å²) in [5.74, 6) is 3.31. The van der Waals surface area contributed by atoms with Crippen LogP contribution < -0.4 is 28.4 Å². The Morgan fingerprint density at radius 2 is 0.812 bits per heavy atom. The standard InChI is InChI=1S/C24H22O8/c1-25-15-7-11-13(9-17(15)27-3)31-23-19(11)21(29-5)24-20(22(23)30-6)12-8-16(26-2)18(28-4)10-14(12)32-24/h7-10H,1-6H3. The van der Waals surface area contributed by atoms with Gasteiger partial charge in [0.05, 0.1) is 53.4 Å². The van der Waals surface area contributed by atoms with Crippen molar-refractivity contribution in [2.24, 2.45) is 0 Å². The average molecular weight is 438 g/mol. The second-order valence-electron chi connectivity index (χ2n) is 7.09. The van der Waals surface area contributed by atoms with Crippen LogP contribution in [0.4, 0.5) is 0 Å². The largest absolute Gasteiger partial charge is 0.493 e. The third kappa shape index (κ3) is 2.55. The third-order valence-corrected chi connectivity index (χ3v) is 5.66. The van der Waals surface area contributed by atoms with Crippen molar-refractivity contribution >= 4 is 43.9 Å². The minimum atomic E-state index is 0.524. The van der Waals surface area contributed by atoms with Crippen LogP contribution in [0.2, 0.25) is 0 Å². The lowest BCUT2D eigenvalue weighted by Gasteiger charge is -2.09. The zero-order chi connectivity index (χ0) is 22.6. The number of ether oxygens (including phenoxy) is 6. The molecule has 5 aromatic rings. The Kier molecular flexibility index (Phi) is 4.58. The molecule has 0 N–H and O–H groups in total. The molecule has 0 aliphatic heterocycles. The van der Waals surface area contributed by atoms with Crippen LogP contribution in [0.1, 0.15) is 0 Å². The number of fused-ring (bicyclic) bond motifs is 6. The SMILES string of the molecule is COc1cc2oc3c(OC)c4c(oc5cc(OC)c(OC)cc54)c(OC)c3c2cc1OC. The first-order chi connectivity index (χ1) is 15.6. The highest BCUT2D eigenvalue weighted by molar-refractivity contribution is 6.23. The molecule has 5 rings (SSSR count). The van der Waals surface area contributed by atoms with Crippen molar-refractivity contribution in [3.8, 4) is 34.5 Å². The Morgan fingerprint density at radius 1 is 0.469 bits per heavy atom. The molecule has 0 aliphatic rings. The molecule has 0 unspecified atom stereocenters. The average Bonchev–Trinajstić information content (AvgIpc) is 3.38. The summed E-state index contributed by atoms with van der Waals surface area (Å²) < 4.78 is 46.0. The Hall–Kier alpha value is -3.94. The minimum absolute atomic E-state index is 0.524. The summed E-state index contributed by atoms with van der Waals surface area (Å²) in [4.78, 5) is 0. The maximum atomic E-state index is 6.25. The molecule has 0 spiro atoms. The van der Waals surface area contributed by atoms with Gasteiger partial charge >= 0.3 is 0 Å². The Balaban J connectivity index is 2.00. The van der Waals surface area contributed by atoms with Crippen molar-refractivity contribution in [2.75, 3.05) is 42.7 Å². The zero-order valence-corrected chi connectivity index (χ0v) is 18.6. The van der Waals surface area contributed by atoms with Crippen LogP contribution in [0, 0.1) is 0 Å². The van der Waals surface area contributed by atoms with Gasteiger partial charge in [0.2, 0.25) is 0 Å². The molecular weight excluding hydrogens is 416 g/mol. The number of rotatable bonds is 6. The van der Waals surface area contributed by atoms with Gasteiger partial charge in [0.1, 0.15) is 11.2 Å². The predicted molar refractivity (Wildman–Crippen MR) is 120 cm³/mol. The van der Waals surface area contributed by atoms with Gasteiger partial charge in [-0.2, -0.15) is 0 Å². The van der Waals surface area contributed by atoms with E-state index in [1.54, 1.807) is 54.8 Å². The fourth-order valence-electron chi connectivity index (χ4n) is 4.23. The number of hydrogen-bond acceptors (Lipinski definition) is 8. The van der Waals surface area contributed by atoms with Crippen LogP contribution in [0.15, 0.2) is 33.1 Å². The lowest BCUT2D eigenvalue weighted by atomic mass is 10.1. The first kappa shape index (κ1) is 20.0. The highest BCUT2D eigenvalue weighted by atomic mass is 16.5. The zero-order valence-electron chi connectivity index (χ0n) is 18.6. The summed E-state index contributed by atoms with van der Waals surface area (Å²) in [6, 6.07) is 7.26. The first-order valence-electron chi connectivity index (χ1n) is 9.80. The molecule has 0 saturated heterocycles. The second kappa shape index (κ2) is 7.33. The van der Waals surface area contributed by atoms with Crippen LogP contribution >= 0.6 is 0 Å². The molecule has 0 atom stereocenters. The molecule has 2 aromatic heterocycles. The van der Waals surface area contributed by atoms with Crippen molar-refractivity contribution in [1.82, 2.24) is 0 Å². The van der Waals surface area contributed by atoms with Crippen LogP contribution in [0.3, 0.4) is 0 Å². The van der Waals surface area contributed by atoms with E-state index in [1.165, 1.54) is 0 Å². The van der Waals surface area contributed by atoms with E-state index in [-0.39, 0.29) is 0 Å². The number of methoxy groups -OCH3 is 6. The predicted octanol–water partition coefficient (Wildman–Crippen LogP) is 5.54. The number of benzene rings is 3. The van der Waals surface area contributed by atoms with Gasteiger partial charge in [-0.05, 0) is 12.1 Å². The maximum absolute atomic E-state index is 6.25. The molecule has 0 amide bonds. The van der Waals surface area contributed by atoms with Gasteiger partial charge < -0.3 is 37.3 Å². The summed E-state index contributed by atoms with van der Waals surface area (Å²) in [6.45, 7) is 0. The molecule has 0 aliphatic carbocycles. The molecule has 3 aromatic carbocycles. The fraction of sp³-hybridized carbons (Fsp3) is 0.250. The second-order valence-corrected chi connectivity index (χ2v) is 7.09. The third-order valence-electron chi connectivity index (χ3n) is 5.66. The molecule has 2 heterocycles. The number of hydrogen-bond donors (Lipinski definition) is 0. The van der Waals surface area contributed by atoms with Gasteiger partial charge in [-0.1, -0.05) is 0 Å². The molecule has 0 fully saturated rings. The van der Waals surface area contributed by atoms with Gasteiger partial charge in [-0.3, -0.25) is 0 Å². The van der Waals surface area contributed by atoms with Crippen molar-refractivity contribution in [3.05, 3.63) is 24.3 Å². The van der Waals surface area contributed by atoms with Gasteiger partial charge in [-0.25, -0.2) is 0 Å². The number of furan rings is 2. The normalized spacial score (nSPS) is 11.4. The van der Waals surface area contributed by atoms with Gasteiger partial charge in [-0.15, -0.1) is 0 Å². The van der Waals surface area contributed by atoms with Crippen molar-refractivity contribution in [2.45, 2.75) is 0 Å². The van der Waals surface area contributed by atoms with Crippen molar-refractivity contribution in [1.29, 1.82) is 0 Å². The molecule has 0 bridgehead atoms. The molecule has 0 radical (unpaired) electrons. The summed E-state index contributed by atoms with van der Waals surface area (Å²) in [5, 5.41) is 2.99. The van der Waals surface area contributed by atoms with E-state index in [9.17, 15) is 0 Å². The summed E-state index contributed by atoms with van der Waals surface area (Å²) in [6.07, 6.45) is 0. The molecule has 8 heteroatoms. The van der Waals surface area contributed by atoms with E-state index in [0.717, 1.165) is 10.8 Å². The van der Waals surface area contributed by atoms with Gasteiger partial charge in [0.25, 0.3) is 0 Å². The van der Waals surface area contributed by atoms with Crippen LogP contribution in [0.5, 0.6) is 34.5 Å². The van der Waals surface area contributed by atoms with Crippen molar-refractivity contribution in [3.63, 3.8) is 0 Å². The Labute approximate surface area is 183 Å². The first-order valence-corrected chi connectivity index (χ1v) is 9.80. The lowest BCUT2D eigenvalue weighted by molar-refractivity contribution is 0.355. The Bertz CT molecular complexity index is 1380. The minimum Gasteiger partial charge on any atom is -0.493 e. The van der Waals surface area contributed by atoms with E-state index in [0.29, 0.717) is 67.6 Å². The van der Waals surface area contributed by atoms with E-state index in [4.69, 9.17) is 37.3 Å². The molecule has 32 heavy (non-hydrogen) atoms. The van der Waals surface area contributed by atoms with E-state index in [1.807, 2.05) is 12.1 Å². The molecular formula is C24H22O8. The quantitative estimate of drug-likeness (QED) is 0.342. The summed E-state index contributed by atoms with van der Waals surface area (Å²) >= 11 is 0. The fourth-order valence-corrected chi connectivity index (χ4v) is 4.23. The van der Waals surface area contributed by atoms with Gasteiger partial charge in [0.15, 0.2) is 45.7 Å². The molecule has 166 valence electrons. The topological polar surface area (TPSA) is 81.7 Å². The highest BCUT2D eigenvalue weighted by Crippen LogP contribution is 2.52. The van der Waals surface area contributed by atoms with Gasteiger partial charge in [0, 0.05) is 22.9 Å². The van der Waals surface area contributed by atoms with E-state index in [2.05, 4.69) is 0 Å². The Morgan fingerprint density at radius 3 is 1.12 bits per heavy atom. The summed E-state index contributed by atoms with van der Waals surface area (Å²) in [7, 11) is 9.51. The molecule has 0 saturated carbocycles. The maximum Gasteiger partial charge on any atom is 0.181 e. The highest BCUT2D eigenvalue weighted by Gasteiger charge is 2.28. The monoisotopic (exact) mass is 438 g/mol. The van der Waals surface area contributed by atoms with Crippen LogP contribution in [0.25, 0.3) is 43.9 Å². The van der Waals surface area contributed by atoms with Crippen LogP contribution in [-0.2, 0) is 0 Å². The van der Waals surface area contributed by atoms with E-state index < -0.39 is 0 Å². The smallest absolute Gasteiger partial charge is 0.181 e.